The maximum atomic E-state index is 12.2. The molecule has 4 nitrogen and oxygen atoms in total. The highest BCUT2D eigenvalue weighted by atomic mass is 35.5. The summed E-state index contributed by atoms with van der Waals surface area (Å²) < 4.78 is 0. The summed E-state index contributed by atoms with van der Waals surface area (Å²) in [4.78, 5) is 16.5. The third-order valence-corrected chi connectivity index (χ3v) is 4.43. The number of halogens is 1. The number of nitrogens with zero attached hydrogens (tertiary/aromatic N) is 1. The van der Waals surface area contributed by atoms with Gasteiger partial charge in [0.1, 0.15) is 11.3 Å². The van der Waals surface area contributed by atoms with Crippen LogP contribution in [0.15, 0.2) is 54.7 Å². The Kier molecular flexibility index (Phi) is 5.19. The topological polar surface area (TPSA) is 62.2 Å². The molecule has 3 aromatic rings. The van der Waals surface area contributed by atoms with E-state index in [9.17, 15) is 9.90 Å². The molecule has 0 saturated carbocycles. The van der Waals surface area contributed by atoms with E-state index in [1.807, 2.05) is 43.3 Å². The fourth-order valence-corrected chi connectivity index (χ4v) is 3.12. The molecule has 0 spiro atoms. The van der Waals surface area contributed by atoms with Crippen LogP contribution < -0.4 is 5.32 Å². The van der Waals surface area contributed by atoms with E-state index >= 15 is 0 Å². The summed E-state index contributed by atoms with van der Waals surface area (Å²) in [5.74, 6) is -0.0345. The molecule has 0 aliphatic carbocycles. The zero-order chi connectivity index (χ0) is 17.8. The number of hydrogen-bond donors (Lipinski definition) is 2. The lowest BCUT2D eigenvalue weighted by atomic mass is 9.96. The number of carbonyl (C=O) groups excluding carboxylic acids is 1. The number of amides is 1. The summed E-state index contributed by atoms with van der Waals surface area (Å²) in [5, 5.41) is 15.1. The molecule has 0 unspecified atom stereocenters. The molecule has 0 bridgehead atoms. The number of aromatic hydroxyl groups is 1. The molecule has 3 rings (SSSR count). The van der Waals surface area contributed by atoms with Gasteiger partial charge in [0.05, 0.1) is 6.04 Å². The number of nitrogens with one attached hydrogen (secondary N) is 1. The number of hydrogen-bond acceptors (Lipinski definition) is 3. The number of fused-ring (bicyclic) bond motifs is 1. The highest BCUT2D eigenvalue weighted by molar-refractivity contribution is 6.31. The van der Waals surface area contributed by atoms with Gasteiger partial charge in [-0.05, 0) is 24.1 Å². The largest absolute Gasteiger partial charge is 0.505 e. The minimum Gasteiger partial charge on any atom is -0.505 e. The van der Waals surface area contributed by atoms with Gasteiger partial charge in [-0.3, -0.25) is 9.78 Å². The van der Waals surface area contributed by atoms with Crippen molar-refractivity contribution >= 4 is 28.4 Å². The van der Waals surface area contributed by atoms with Crippen LogP contribution in [-0.4, -0.2) is 16.0 Å². The number of aromatic nitrogens is 1. The van der Waals surface area contributed by atoms with Crippen LogP contribution in [0.1, 0.15) is 36.9 Å². The van der Waals surface area contributed by atoms with E-state index in [0.29, 0.717) is 22.5 Å². The maximum absolute atomic E-state index is 12.2. The molecule has 0 fully saturated rings. The Morgan fingerprint density at radius 2 is 1.96 bits per heavy atom. The minimum absolute atomic E-state index is 0.0554. The maximum Gasteiger partial charge on any atom is 0.220 e. The van der Waals surface area contributed by atoms with Crippen LogP contribution in [0.5, 0.6) is 5.75 Å². The zero-order valence-corrected chi connectivity index (χ0v) is 14.6. The van der Waals surface area contributed by atoms with Gasteiger partial charge in [0.2, 0.25) is 5.91 Å². The third kappa shape index (κ3) is 3.59. The lowest BCUT2D eigenvalue weighted by Gasteiger charge is -2.22. The van der Waals surface area contributed by atoms with E-state index in [0.717, 1.165) is 17.4 Å². The highest BCUT2D eigenvalue weighted by Gasteiger charge is 2.23. The highest BCUT2D eigenvalue weighted by Crippen LogP contribution is 2.36. The van der Waals surface area contributed by atoms with Crippen LogP contribution >= 0.6 is 11.6 Å². The van der Waals surface area contributed by atoms with Crippen LogP contribution in [0.2, 0.25) is 5.02 Å². The van der Waals surface area contributed by atoms with Crippen LogP contribution in [0.25, 0.3) is 10.9 Å². The fraction of sp³-hybridized carbons (Fsp3) is 0.200. The molecule has 1 amide bonds. The molecule has 2 aromatic carbocycles. The van der Waals surface area contributed by atoms with Gasteiger partial charge in [0, 0.05) is 28.6 Å². The van der Waals surface area contributed by atoms with Gasteiger partial charge in [-0.15, -0.1) is 0 Å². The average molecular weight is 355 g/mol. The summed E-state index contributed by atoms with van der Waals surface area (Å²) in [6, 6.07) is 14.1. The number of carbonyl (C=O) groups is 1. The van der Waals surface area contributed by atoms with Gasteiger partial charge in [0.25, 0.3) is 0 Å². The van der Waals surface area contributed by atoms with E-state index in [1.165, 1.54) is 0 Å². The van der Waals surface area contributed by atoms with Crippen molar-refractivity contribution < 1.29 is 9.90 Å². The van der Waals surface area contributed by atoms with Crippen molar-refractivity contribution in [2.75, 3.05) is 0 Å². The van der Waals surface area contributed by atoms with E-state index in [1.54, 1.807) is 18.3 Å². The molecule has 128 valence electrons. The standard InChI is InChI=1S/C20H19ClN2O2/c1-2-6-17(24)23-19(14-8-3-4-9-16(14)21)15-11-10-13-7-5-12-22-18(13)20(15)25/h3-5,7-12,19,25H,2,6H2,1H3,(H,23,24)/t19-/m1/s1. The number of phenolic OH excluding ortho intramolecular Hbond substituents is 1. The Labute approximate surface area is 151 Å². The second-order valence-electron chi connectivity index (χ2n) is 5.85. The molecular weight excluding hydrogens is 336 g/mol. The monoisotopic (exact) mass is 354 g/mol. The smallest absolute Gasteiger partial charge is 0.220 e. The summed E-state index contributed by atoms with van der Waals surface area (Å²) in [6.07, 6.45) is 2.78. The molecule has 0 aliphatic heterocycles. The van der Waals surface area contributed by atoms with Crippen LogP contribution in [0.3, 0.4) is 0 Å². The molecule has 0 aliphatic rings. The molecular formula is C20H19ClN2O2. The molecule has 2 N–H and O–H groups in total. The Balaban J connectivity index is 2.13. The van der Waals surface area contributed by atoms with Crippen molar-refractivity contribution in [1.29, 1.82) is 0 Å². The lowest BCUT2D eigenvalue weighted by Crippen LogP contribution is -2.29. The number of phenols is 1. The van der Waals surface area contributed by atoms with Crippen molar-refractivity contribution in [2.24, 2.45) is 0 Å². The first-order valence-corrected chi connectivity index (χ1v) is 8.60. The van der Waals surface area contributed by atoms with Gasteiger partial charge in [-0.25, -0.2) is 0 Å². The van der Waals surface area contributed by atoms with Gasteiger partial charge >= 0.3 is 0 Å². The molecule has 25 heavy (non-hydrogen) atoms. The first-order chi connectivity index (χ1) is 12.1. The first kappa shape index (κ1) is 17.2. The normalized spacial score (nSPS) is 12.1. The van der Waals surface area contributed by atoms with E-state index in [-0.39, 0.29) is 11.7 Å². The Morgan fingerprint density at radius 3 is 2.72 bits per heavy atom. The lowest BCUT2D eigenvalue weighted by molar-refractivity contribution is -0.121. The molecule has 1 aromatic heterocycles. The minimum atomic E-state index is -0.542. The van der Waals surface area contributed by atoms with Gasteiger partial charge in [-0.2, -0.15) is 0 Å². The van der Waals surface area contributed by atoms with Crippen molar-refractivity contribution in [3.05, 3.63) is 70.9 Å². The third-order valence-electron chi connectivity index (χ3n) is 4.09. The number of rotatable bonds is 5. The summed E-state index contributed by atoms with van der Waals surface area (Å²) in [5.41, 5.74) is 1.81. The second-order valence-corrected chi connectivity index (χ2v) is 6.26. The van der Waals surface area contributed by atoms with Crippen LogP contribution in [0, 0.1) is 0 Å². The SMILES string of the molecule is CCCC(=O)N[C@H](c1ccccc1Cl)c1ccc2cccnc2c1O. The van der Waals surface area contributed by atoms with Gasteiger partial charge < -0.3 is 10.4 Å². The Bertz CT molecular complexity index is 911. The fourth-order valence-electron chi connectivity index (χ4n) is 2.87. The predicted octanol–water partition coefficient (Wildman–Crippen LogP) is 4.60. The first-order valence-electron chi connectivity index (χ1n) is 8.22. The molecule has 0 saturated heterocycles. The summed E-state index contributed by atoms with van der Waals surface area (Å²) in [6.45, 7) is 1.95. The zero-order valence-electron chi connectivity index (χ0n) is 13.9. The van der Waals surface area contributed by atoms with E-state index in [2.05, 4.69) is 10.3 Å². The molecule has 1 heterocycles. The van der Waals surface area contributed by atoms with E-state index < -0.39 is 6.04 Å². The molecule has 1 atom stereocenters. The summed E-state index contributed by atoms with van der Waals surface area (Å²) in [7, 11) is 0. The quantitative estimate of drug-likeness (QED) is 0.703. The van der Waals surface area contributed by atoms with Crippen molar-refractivity contribution in [2.45, 2.75) is 25.8 Å². The van der Waals surface area contributed by atoms with Crippen molar-refractivity contribution in [3.63, 3.8) is 0 Å². The summed E-state index contributed by atoms with van der Waals surface area (Å²) >= 11 is 6.35. The van der Waals surface area contributed by atoms with E-state index in [4.69, 9.17) is 11.6 Å². The number of pyridine rings is 1. The molecule has 0 radical (unpaired) electrons. The second kappa shape index (κ2) is 7.53. The van der Waals surface area contributed by atoms with Crippen LogP contribution in [-0.2, 0) is 4.79 Å². The average Bonchev–Trinajstić information content (AvgIpc) is 2.62. The molecule has 5 heteroatoms. The van der Waals surface area contributed by atoms with Gasteiger partial charge in [0.15, 0.2) is 0 Å². The van der Waals surface area contributed by atoms with Crippen LogP contribution in [0.4, 0.5) is 0 Å². The Morgan fingerprint density at radius 1 is 1.16 bits per heavy atom. The number of benzene rings is 2. The van der Waals surface area contributed by atoms with Gasteiger partial charge in [-0.1, -0.05) is 54.9 Å². The van der Waals surface area contributed by atoms with Crippen molar-refractivity contribution in [1.82, 2.24) is 10.3 Å². The Hall–Kier alpha value is -2.59. The van der Waals surface area contributed by atoms with Crippen molar-refractivity contribution in [3.8, 4) is 5.75 Å². The predicted molar refractivity (Wildman–Crippen MR) is 99.8 cm³/mol.